The molecule has 2 heterocycles. The average molecular weight is 426 g/mol. The van der Waals surface area contributed by atoms with Gasteiger partial charge in [0.1, 0.15) is 11.6 Å². The van der Waals surface area contributed by atoms with E-state index in [2.05, 4.69) is 15.3 Å². The molecular formula is C22H21ClFN5O. The molecular weight excluding hydrogens is 405 g/mol. The van der Waals surface area contributed by atoms with Crippen LogP contribution < -0.4 is 11.0 Å². The van der Waals surface area contributed by atoms with Gasteiger partial charge in [0, 0.05) is 42.6 Å². The number of nitrogens with zero attached hydrogens (tertiary/aromatic N) is 3. The summed E-state index contributed by atoms with van der Waals surface area (Å²) < 4.78 is 18.1. The smallest absolute Gasteiger partial charge is 0.327 e. The Morgan fingerprint density at radius 1 is 1.10 bits per heavy atom. The quantitative estimate of drug-likeness (QED) is 0.435. The Balaban J connectivity index is 1.62. The SMILES string of the molecule is O=c1[nH]c(NCc2ccc(Cl)cc2)c(-c2ccccc2F)n1CCCn1ccnc1. The highest BCUT2D eigenvalue weighted by Gasteiger charge is 2.18. The number of rotatable bonds is 8. The second-order valence-corrected chi connectivity index (χ2v) is 7.36. The number of aromatic nitrogens is 4. The Morgan fingerprint density at radius 3 is 2.63 bits per heavy atom. The zero-order chi connectivity index (χ0) is 20.9. The van der Waals surface area contributed by atoms with Crippen LogP contribution in [-0.4, -0.2) is 19.1 Å². The minimum absolute atomic E-state index is 0.280. The molecule has 0 aliphatic rings. The number of halogens is 2. The number of hydrogen-bond acceptors (Lipinski definition) is 3. The fourth-order valence-electron chi connectivity index (χ4n) is 3.37. The summed E-state index contributed by atoms with van der Waals surface area (Å²) in [7, 11) is 0. The molecule has 0 bridgehead atoms. The van der Waals surface area contributed by atoms with Crippen molar-refractivity contribution in [1.29, 1.82) is 0 Å². The maximum Gasteiger partial charge on any atom is 0.327 e. The fraction of sp³-hybridized carbons (Fsp3) is 0.182. The molecule has 0 unspecified atom stereocenters. The number of anilines is 1. The van der Waals surface area contributed by atoms with Gasteiger partial charge in [0.05, 0.1) is 12.0 Å². The van der Waals surface area contributed by atoms with Gasteiger partial charge in [0.2, 0.25) is 0 Å². The number of aryl methyl sites for hydroxylation is 1. The van der Waals surface area contributed by atoms with Crippen LogP contribution in [0.25, 0.3) is 11.3 Å². The summed E-state index contributed by atoms with van der Waals surface area (Å²) in [4.78, 5) is 19.6. The van der Waals surface area contributed by atoms with E-state index < -0.39 is 0 Å². The molecule has 0 saturated heterocycles. The first-order valence-electron chi connectivity index (χ1n) is 9.63. The predicted octanol–water partition coefficient (Wildman–Crippen LogP) is 4.53. The van der Waals surface area contributed by atoms with E-state index >= 15 is 0 Å². The third kappa shape index (κ3) is 4.46. The predicted molar refractivity (Wildman–Crippen MR) is 116 cm³/mol. The molecule has 154 valence electrons. The van der Waals surface area contributed by atoms with Crippen molar-refractivity contribution < 1.29 is 4.39 Å². The maximum absolute atomic E-state index is 14.6. The minimum atomic E-state index is -0.380. The van der Waals surface area contributed by atoms with E-state index in [9.17, 15) is 9.18 Å². The van der Waals surface area contributed by atoms with Gasteiger partial charge in [-0.15, -0.1) is 0 Å². The molecule has 0 aliphatic heterocycles. The molecule has 0 fully saturated rings. The lowest BCUT2D eigenvalue weighted by Gasteiger charge is -2.12. The standard InChI is InChI=1S/C22H21ClFN5O/c23-17-8-6-16(7-9-17)14-26-21-20(18-4-1-2-5-19(18)24)29(22(30)27-21)12-3-11-28-13-10-25-15-28/h1-2,4-10,13,15,26H,3,11-12,14H2,(H,27,30). The van der Waals surface area contributed by atoms with Gasteiger partial charge in [-0.2, -0.15) is 0 Å². The third-order valence-corrected chi connectivity index (χ3v) is 5.10. The summed E-state index contributed by atoms with van der Waals surface area (Å²) in [5.41, 5.74) is 1.60. The van der Waals surface area contributed by atoms with Gasteiger partial charge in [-0.25, -0.2) is 14.2 Å². The van der Waals surface area contributed by atoms with E-state index in [4.69, 9.17) is 11.6 Å². The molecule has 2 aromatic carbocycles. The topological polar surface area (TPSA) is 67.6 Å². The van der Waals surface area contributed by atoms with E-state index in [-0.39, 0.29) is 11.5 Å². The molecule has 30 heavy (non-hydrogen) atoms. The van der Waals surface area contributed by atoms with Gasteiger partial charge in [-0.05, 0) is 36.2 Å². The number of H-pyrrole nitrogens is 1. The molecule has 8 heteroatoms. The normalized spacial score (nSPS) is 11.0. The number of aromatic amines is 1. The van der Waals surface area contributed by atoms with Gasteiger partial charge in [0.15, 0.2) is 0 Å². The van der Waals surface area contributed by atoms with Crippen molar-refractivity contribution in [1.82, 2.24) is 19.1 Å². The van der Waals surface area contributed by atoms with Crippen LogP contribution in [0, 0.1) is 5.82 Å². The molecule has 2 N–H and O–H groups in total. The Labute approximate surface area is 178 Å². The van der Waals surface area contributed by atoms with Gasteiger partial charge in [-0.3, -0.25) is 9.55 Å². The van der Waals surface area contributed by atoms with Crippen molar-refractivity contribution in [3.63, 3.8) is 0 Å². The molecule has 4 aromatic rings. The number of hydrogen-bond donors (Lipinski definition) is 2. The summed E-state index contributed by atoms with van der Waals surface area (Å²) in [6.45, 7) is 1.62. The molecule has 2 aromatic heterocycles. The first-order valence-corrected chi connectivity index (χ1v) is 10.0. The Hall–Kier alpha value is -3.32. The van der Waals surface area contributed by atoms with E-state index in [0.29, 0.717) is 48.2 Å². The minimum Gasteiger partial charge on any atom is -0.366 e. The van der Waals surface area contributed by atoms with Gasteiger partial charge in [-0.1, -0.05) is 35.9 Å². The lowest BCUT2D eigenvalue weighted by Crippen LogP contribution is -2.19. The van der Waals surface area contributed by atoms with Gasteiger partial charge in [0.25, 0.3) is 0 Å². The Kier molecular flexibility index (Phi) is 5.99. The molecule has 4 rings (SSSR count). The molecule has 0 atom stereocenters. The molecule has 0 saturated carbocycles. The zero-order valence-electron chi connectivity index (χ0n) is 16.2. The maximum atomic E-state index is 14.6. The van der Waals surface area contributed by atoms with Crippen LogP contribution in [-0.2, 0) is 19.6 Å². The number of imidazole rings is 2. The Bertz CT molecular complexity index is 1170. The van der Waals surface area contributed by atoms with E-state index in [0.717, 1.165) is 5.56 Å². The summed E-state index contributed by atoms with van der Waals surface area (Å²) >= 11 is 5.94. The molecule has 0 spiro atoms. The summed E-state index contributed by atoms with van der Waals surface area (Å²) in [6.07, 6.45) is 6.02. The van der Waals surface area contributed by atoms with Crippen molar-refractivity contribution in [2.24, 2.45) is 0 Å². The van der Waals surface area contributed by atoms with Crippen LogP contribution in [0.2, 0.25) is 5.02 Å². The monoisotopic (exact) mass is 425 g/mol. The van der Waals surface area contributed by atoms with Gasteiger partial charge >= 0.3 is 5.69 Å². The van der Waals surface area contributed by atoms with Crippen LogP contribution >= 0.6 is 11.6 Å². The van der Waals surface area contributed by atoms with E-state index in [1.54, 1.807) is 47.4 Å². The summed E-state index contributed by atoms with van der Waals surface area (Å²) in [5.74, 6) is 0.108. The molecule has 6 nitrogen and oxygen atoms in total. The van der Waals surface area contributed by atoms with E-state index in [1.807, 2.05) is 22.9 Å². The third-order valence-electron chi connectivity index (χ3n) is 4.85. The lowest BCUT2D eigenvalue weighted by atomic mass is 10.1. The second-order valence-electron chi connectivity index (χ2n) is 6.92. The van der Waals surface area contributed by atoms with E-state index in [1.165, 1.54) is 6.07 Å². The Morgan fingerprint density at radius 2 is 1.90 bits per heavy atom. The number of nitrogens with one attached hydrogen (secondary N) is 2. The van der Waals surface area contributed by atoms with Crippen LogP contribution in [0.1, 0.15) is 12.0 Å². The molecule has 0 aliphatic carbocycles. The highest BCUT2D eigenvalue weighted by Crippen LogP contribution is 2.28. The molecule has 0 radical (unpaired) electrons. The van der Waals surface area contributed by atoms with Crippen LogP contribution in [0.5, 0.6) is 0 Å². The molecule has 0 amide bonds. The first-order chi connectivity index (χ1) is 14.6. The van der Waals surface area contributed by atoms with Crippen molar-refractivity contribution >= 4 is 17.4 Å². The number of benzene rings is 2. The highest BCUT2D eigenvalue weighted by atomic mass is 35.5. The lowest BCUT2D eigenvalue weighted by molar-refractivity contribution is 0.555. The van der Waals surface area contributed by atoms with Crippen LogP contribution in [0.3, 0.4) is 0 Å². The summed E-state index contributed by atoms with van der Waals surface area (Å²) in [5, 5.41) is 3.89. The van der Waals surface area contributed by atoms with Crippen LogP contribution in [0.15, 0.2) is 72.0 Å². The second kappa shape index (κ2) is 9.00. The van der Waals surface area contributed by atoms with Crippen molar-refractivity contribution in [3.8, 4) is 11.3 Å². The first kappa shape index (κ1) is 20.0. The fourth-order valence-corrected chi connectivity index (χ4v) is 3.49. The van der Waals surface area contributed by atoms with Gasteiger partial charge < -0.3 is 9.88 Å². The van der Waals surface area contributed by atoms with Crippen molar-refractivity contribution in [2.45, 2.75) is 26.1 Å². The average Bonchev–Trinajstić information content (AvgIpc) is 3.36. The van der Waals surface area contributed by atoms with Crippen LogP contribution in [0.4, 0.5) is 10.2 Å². The zero-order valence-corrected chi connectivity index (χ0v) is 16.9. The largest absolute Gasteiger partial charge is 0.366 e. The summed E-state index contributed by atoms with van der Waals surface area (Å²) in [6, 6.07) is 13.9. The van der Waals surface area contributed by atoms with Crippen molar-refractivity contribution in [2.75, 3.05) is 5.32 Å². The van der Waals surface area contributed by atoms with Crippen molar-refractivity contribution in [3.05, 3.63) is 94.1 Å². The highest BCUT2D eigenvalue weighted by molar-refractivity contribution is 6.30.